The van der Waals surface area contributed by atoms with Crippen LogP contribution in [0.25, 0.3) is 31.8 Å². The van der Waals surface area contributed by atoms with Gasteiger partial charge in [-0.2, -0.15) is 0 Å². The van der Waals surface area contributed by atoms with Crippen LogP contribution >= 0.6 is 11.3 Å². The fraction of sp³-hybridized carbons (Fsp3) is 0.364. The van der Waals surface area contributed by atoms with Crippen molar-refractivity contribution in [3.8, 4) is 10.6 Å². The lowest BCUT2D eigenvalue weighted by Gasteiger charge is -2.17. The molecular formula is C22H25N3OS. The van der Waals surface area contributed by atoms with E-state index in [0.29, 0.717) is 6.61 Å². The van der Waals surface area contributed by atoms with Crippen molar-refractivity contribution in [2.75, 3.05) is 13.7 Å². The highest BCUT2D eigenvalue weighted by Gasteiger charge is 2.20. The zero-order valence-electron chi connectivity index (χ0n) is 16.5. The van der Waals surface area contributed by atoms with Gasteiger partial charge in [-0.15, -0.1) is 11.3 Å². The predicted octanol–water partition coefficient (Wildman–Crippen LogP) is 5.84. The van der Waals surface area contributed by atoms with Crippen molar-refractivity contribution in [3.63, 3.8) is 0 Å². The molecule has 4 rings (SSSR count). The molecule has 3 aromatic heterocycles. The molecule has 4 nitrogen and oxygen atoms in total. The lowest BCUT2D eigenvalue weighted by molar-refractivity contribution is 0.154. The maximum atomic E-state index is 5.41. The third-order valence-corrected chi connectivity index (χ3v) is 6.56. The third kappa shape index (κ3) is 2.95. The normalized spacial score (nSPS) is 12.9. The van der Waals surface area contributed by atoms with E-state index in [9.17, 15) is 0 Å². The van der Waals surface area contributed by atoms with Gasteiger partial charge in [-0.1, -0.05) is 25.1 Å². The Balaban J connectivity index is 1.92. The standard InChI is InChI=1S/C22H25N3OS/c1-6-16(12-26-5)25-11-13(2)19-22(25)23-15(4)20(24-19)21-14(3)17-9-7-8-10-18(17)27-21/h7-11,16H,6,12H2,1-5H3. The molecule has 0 aliphatic carbocycles. The Kier molecular flexibility index (Phi) is 4.74. The van der Waals surface area contributed by atoms with Gasteiger partial charge in [0.1, 0.15) is 11.2 Å². The quantitative estimate of drug-likeness (QED) is 0.437. The number of aromatic nitrogens is 3. The summed E-state index contributed by atoms with van der Waals surface area (Å²) in [6.45, 7) is 9.22. The molecule has 0 fully saturated rings. The Morgan fingerprint density at radius 3 is 2.63 bits per heavy atom. The lowest BCUT2D eigenvalue weighted by atomic mass is 10.1. The van der Waals surface area contributed by atoms with Crippen molar-refractivity contribution in [3.05, 3.63) is 47.3 Å². The van der Waals surface area contributed by atoms with Gasteiger partial charge in [0.2, 0.25) is 0 Å². The first kappa shape index (κ1) is 18.1. The van der Waals surface area contributed by atoms with Crippen LogP contribution in [0.1, 0.15) is 36.2 Å². The Hall–Kier alpha value is -2.24. The first-order valence-electron chi connectivity index (χ1n) is 9.38. The molecule has 5 heteroatoms. The van der Waals surface area contributed by atoms with Crippen molar-refractivity contribution in [2.45, 2.75) is 40.2 Å². The highest BCUT2D eigenvalue weighted by atomic mass is 32.1. The van der Waals surface area contributed by atoms with E-state index in [4.69, 9.17) is 14.7 Å². The van der Waals surface area contributed by atoms with E-state index in [-0.39, 0.29) is 6.04 Å². The molecule has 0 bridgehead atoms. The molecule has 0 spiro atoms. The van der Waals surface area contributed by atoms with Crippen molar-refractivity contribution in [1.82, 2.24) is 14.5 Å². The Labute approximate surface area is 163 Å². The van der Waals surface area contributed by atoms with E-state index in [1.165, 1.54) is 20.5 Å². The lowest BCUT2D eigenvalue weighted by Crippen LogP contribution is -2.13. The smallest absolute Gasteiger partial charge is 0.159 e. The summed E-state index contributed by atoms with van der Waals surface area (Å²) in [6.07, 6.45) is 3.16. The second-order valence-corrected chi connectivity index (χ2v) is 8.17. The number of hydrogen-bond donors (Lipinski definition) is 0. The number of nitrogens with zero attached hydrogens (tertiary/aromatic N) is 3. The van der Waals surface area contributed by atoms with Gasteiger partial charge in [0.15, 0.2) is 5.65 Å². The van der Waals surface area contributed by atoms with Crippen molar-refractivity contribution < 1.29 is 4.74 Å². The summed E-state index contributed by atoms with van der Waals surface area (Å²) in [5.41, 5.74) is 6.37. The van der Waals surface area contributed by atoms with Crippen molar-refractivity contribution in [1.29, 1.82) is 0 Å². The first-order valence-corrected chi connectivity index (χ1v) is 10.2. The van der Waals surface area contributed by atoms with Crippen LogP contribution in [0.3, 0.4) is 0 Å². The Morgan fingerprint density at radius 2 is 1.93 bits per heavy atom. The molecule has 0 saturated heterocycles. The maximum Gasteiger partial charge on any atom is 0.159 e. The summed E-state index contributed by atoms with van der Waals surface area (Å²) in [6, 6.07) is 8.82. The van der Waals surface area contributed by atoms with Gasteiger partial charge in [-0.3, -0.25) is 0 Å². The van der Waals surface area contributed by atoms with E-state index < -0.39 is 0 Å². The second-order valence-electron chi connectivity index (χ2n) is 7.12. The van der Waals surface area contributed by atoms with E-state index in [0.717, 1.165) is 34.5 Å². The van der Waals surface area contributed by atoms with E-state index in [2.05, 4.69) is 62.7 Å². The van der Waals surface area contributed by atoms with Crippen molar-refractivity contribution >= 4 is 32.6 Å². The SMILES string of the molecule is CCC(COC)n1cc(C)c2nc(-c3sc4ccccc4c3C)c(C)nc21. The minimum atomic E-state index is 0.275. The van der Waals surface area contributed by atoms with Crippen LogP contribution in [0.5, 0.6) is 0 Å². The number of thiophene rings is 1. The minimum Gasteiger partial charge on any atom is -0.383 e. The zero-order chi connectivity index (χ0) is 19.1. The van der Waals surface area contributed by atoms with Crippen LogP contribution in [-0.2, 0) is 4.74 Å². The van der Waals surface area contributed by atoms with E-state index >= 15 is 0 Å². The molecule has 1 unspecified atom stereocenters. The summed E-state index contributed by atoms with van der Waals surface area (Å²) >= 11 is 1.80. The van der Waals surface area contributed by atoms with Crippen LogP contribution in [-0.4, -0.2) is 28.3 Å². The van der Waals surface area contributed by atoms with Crippen LogP contribution in [0.4, 0.5) is 0 Å². The Morgan fingerprint density at radius 1 is 1.15 bits per heavy atom. The van der Waals surface area contributed by atoms with Gasteiger partial charge >= 0.3 is 0 Å². The number of benzene rings is 1. The molecule has 0 N–H and O–H groups in total. The van der Waals surface area contributed by atoms with E-state index in [1.807, 2.05) is 0 Å². The fourth-order valence-electron chi connectivity index (χ4n) is 3.76. The number of rotatable bonds is 5. The highest BCUT2D eigenvalue weighted by Crippen LogP contribution is 2.39. The molecule has 0 aliphatic heterocycles. The van der Waals surface area contributed by atoms with Gasteiger partial charge in [-0.25, -0.2) is 9.97 Å². The molecule has 0 aliphatic rings. The zero-order valence-corrected chi connectivity index (χ0v) is 17.4. The second kappa shape index (κ2) is 7.06. The minimum absolute atomic E-state index is 0.275. The number of ether oxygens (including phenoxy) is 1. The first-order chi connectivity index (χ1) is 13.0. The molecule has 0 amide bonds. The third-order valence-electron chi connectivity index (χ3n) is 5.28. The summed E-state index contributed by atoms with van der Waals surface area (Å²) in [5, 5.41) is 1.30. The van der Waals surface area contributed by atoms with Crippen molar-refractivity contribution in [2.24, 2.45) is 0 Å². The number of methoxy groups -OCH3 is 1. The van der Waals surface area contributed by atoms with Gasteiger partial charge in [0.25, 0.3) is 0 Å². The van der Waals surface area contributed by atoms with Crippen LogP contribution in [0.15, 0.2) is 30.5 Å². The molecule has 27 heavy (non-hydrogen) atoms. The number of fused-ring (bicyclic) bond motifs is 2. The topological polar surface area (TPSA) is 39.9 Å². The molecule has 4 aromatic rings. The largest absolute Gasteiger partial charge is 0.383 e. The summed E-state index contributed by atoms with van der Waals surface area (Å²) in [4.78, 5) is 11.3. The highest BCUT2D eigenvalue weighted by molar-refractivity contribution is 7.22. The van der Waals surface area contributed by atoms with Gasteiger partial charge in [0.05, 0.1) is 23.2 Å². The van der Waals surface area contributed by atoms with Gasteiger partial charge in [0, 0.05) is 18.0 Å². The molecule has 0 saturated carbocycles. The van der Waals surface area contributed by atoms with E-state index in [1.54, 1.807) is 18.4 Å². The molecule has 0 radical (unpaired) electrons. The van der Waals surface area contributed by atoms with Crippen LogP contribution in [0, 0.1) is 20.8 Å². The molecule has 3 heterocycles. The molecule has 1 aromatic carbocycles. The summed E-state index contributed by atoms with van der Waals surface area (Å²) in [7, 11) is 1.75. The average Bonchev–Trinajstić information content (AvgIpc) is 3.16. The fourth-order valence-corrected chi connectivity index (χ4v) is 5.01. The van der Waals surface area contributed by atoms with Crippen LogP contribution < -0.4 is 0 Å². The average molecular weight is 380 g/mol. The van der Waals surface area contributed by atoms with Gasteiger partial charge < -0.3 is 9.30 Å². The predicted molar refractivity (Wildman–Crippen MR) is 114 cm³/mol. The summed E-state index contributed by atoms with van der Waals surface area (Å²) in [5.74, 6) is 0. The number of aryl methyl sites for hydroxylation is 3. The van der Waals surface area contributed by atoms with Crippen LogP contribution in [0.2, 0.25) is 0 Å². The van der Waals surface area contributed by atoms with Gasteiger partial charge in [-0.05, 0) is 49.8 Å². The molecular weight excluding hydrogens is 354 g/mol. The number of hydrogen-bond acceptors (Lipinski definition) is 4. The molecule has 1 atom stereocenters. The maximum absolute atomic E-state index is 5.41. The molecule has 140 valence electrons. The summed E-state index contributed by atoms with van der Waals surface area (Å²) < 4.78 is 8.94. The Bertz CT molecular complexity index is 1130. The monoisotopic (exact) mass is 379 g/mol.